The molecular formula is C27H28N2O2. The molecule has 3 aromatic carbocycles. The molecule has 4 heteroatoms. The maximum absolute atomic E-state index is 13.2. The summed E-state index contributed by atoms with van der Waals surface area (Å²) in [6, 6.07) is 27.9. The topological polar surface area (TPSA) is 32.8 Å². The molecule has 0 saturated carbocycles. The average molecular weight is 413 g/mol. The molecule has 1 amide bonds. The van der Waals surface area contributed by atoms with E-state index in [0.29, 0.717) is 17.9 Å². The average Bonchev–Trinajstić information content (AvgIpc) is 2.84. The minimum atomic E-state index is 0.0446. The van der Waals surface area contributed by atoms with Crippen LogP contribution in [-0.2, 0) is 6.61 Å². The van der Waals surface area contributed by atoms with Crippen molar-refractivity contribution in [2.24, 2.45) is 0 Å². The van der Waals surface area contributed by atoms with Crippen LogP contribution in [0.25, 0.3) is 6.08 Å². The first kappa shape index (κ1) is 20.9. The molecule has 158 valence electrons. The Balaban J connectivity index is 1.31. The molecule has 1 fully saturated rings. The first-order valence-corrected chi connectivity index (χ1v) is 10.8. The second kappa shape index (κ2) is 10.6. The summed E-state index contributed by atoms with van der Waals surface area (Å²) >= 11 is 0. The van der Waals surface area contributed by atoms with Gasteiger partial charge in [0.15, 0.2) is 0 Å². The lowest BCUT2D eigenvalue weighted by Gasteiger charge is -2.34. The number of hydrogen-bond acceptors (Lipinski definition) is 3. The standard InChI is InChI=1S/C27H28N2O2/c30-27(25-15-7-8-16-26(25)31-22-24-12-5-2-6-13-24)29-20-18-28(19-21-29)17-9-14-23-10-3-1-4-11-23/h1-16H,17-22H2/b14-9+. The van der Waals surface area contributed by atoms with Gasteiger partial charge in [-0.25, -0.2) is 0 Å². The van der Waals surface area contributed by atoms with Gasteiger partial charge in [0.1, 0.15) is 12.4 Å². The Morgan fingerprint density at radius 3 is 2.19 bits per heavy atom. The van der Waals surface area contributed by atoms with Crippen molar-refractivity contribution < 1.29 is 9.53 Å². The van der Waals surface area contributed by atoms with Gasteiger partial charge in [0, 0.05) is 32.7 Å². The van der Waals surface area contributed by atoms with E-state index in [1.165, 1.54) is 5.56 Å². The number of hydrogen-bond donors (Lipinski definition) is 0. The molecule has 0 radical (unpaired) electrons. The number of rotatable bonds is 7. The molecule has 3 aromatic rings. The molecule has 0 atom stereocenters. The Bertz CT molecular complexity index is 994. The summed E-state index contributed by atoms with van der Waals surface area (Å²) in [4.78, 5) is 17.5. The lowest BCUT2D eigenvalue weighted by molar-refractivity contribution is 0.0645. The largest absolute Gasteiger partial charge is 0.488 e. The minimum Gasteiger partial charge on any atom is -0.488 e. The number of benzene rings is 3. The molecule has 0 aliphatic carbocycles. The van der Waals surface area contributed by atoms with Crippen molar-refractivity contribution >= 4 is 12.0 Å². The number of piperazine rings is 1. The third-order valence-electron chi connectivity index (χ3n) is 5.49. The van der Waals surface area contributed by atoms with Crippen LogP contribution in [0.2, 0.25) is 0 Å². The van der Waals surface area contributed by atoms with Crippen LogP contribution in [-0.4, -0.2) is 48.4 Å². The smallest absolute Gasteiger partial charge is 0.257 e. The summed E-state index contributed by atoms with van der Waals surface area (Å²) in [5.74, 6) is 0.688. The van der Waals surface area contributed by atoms with Crippen molar-refractivity contribution in [3.63, 3.8) is 0 Å². The summed E-state index contributed by atoms with van der Waals surface area (Å²) in [5, 5.41) is 0. The van der Waals surface area contributed by atoms with Crippen molar-refractivity contribution in [2.45, 2.75) is 6.61 Å². The van der Waals surface area contributed by atoms with Gasteiger partial charge >= 0.3 is 0 Å². The normalized spacial score (nSPS) is 14.6. The quantitative estimate of drug-likeness (QED) is 0.562. The number of carbonyl (C=O) groups is 1. The Morgan fingerprint density at radius 2 is 1.45 bits per heavy atom. The van der Waals surface area contributed by atoms with Crippen molar-refractivity contribution in [1.29, 1.82) is 0 Å². The van der Waals surface area contributed by atoms with E-state index in [4.69, 9.17) is 4.74 Å². The van der Waals surface area contributed by atoms with Crippen molar-refractivity contribution in [1.82, 2.24) is 9.80 Å². The fourth-order valence-corrected chi connectivity index (χ4v) is 3.71. The van der Waals surface area contributed by atoms with Crippen LogP contribution >= 0.6 is 0 Å². The Hall–Kier alpha value is -3.37. The molecule has 1 heterocycles. The van der Waals surface area contributed by atoms with E-state index in [1.807, 2.05) is 77.7 Å². The van der Waals surface area contributed by atoms with Gasteiger partial charge in [-0.15, -0.1) is 0 Å². The fourth-order valence-electron chi connectivity index (χ4n) is 3.71. The highest BCUT2D eigenvalue weighted by atomic mass is 16.5. The predicted octanol–water partition coefficient (Wildman–Crippen LogP) is 4.74. The van der Waals surface area contributed by atoms with Crippen LogP contribution in [0.5, 0.6) is 5.75 Å². The van der Waals surface area contributed by atoms with Gasteiger partial charge in [0.2, 0.25) is 0 Å². The van der Waals surface area contributed by atoms with E-state index in [9.17, 15) is 4.79 Å². The van der Waals surface area contributed by atoms with Crippen LogP contribution < -0.4 is 4.74 Å². The molecule has 0 bridgehead atoms. The number of amides is 1. The van der Waals surface area contributed by atoms with Gasteiger partial charge in [0.05, 0.1) is 5.56 Å². The maximum Gasteiger partial charge on any atom is 0.257 e. The number of carbonyl (C=O) groups excluding carboxylic acids is 1. The third kappa shape index (κ3) is 5.83. The lowest BCUT2D eigenvalue weighted by Crippen LogP contribution is -2.48. The predicted molar refractivity (Wildman–Crippen MR) is 125 cm³/mol. The monoisotopic (exact) mass is 412 g/mol. The van der Waals surface area contributed by atoms with E-state index in [-0.39, 0.29) is 5.91 Å². The van der Waals surface area contributed by atoms with Crippen molar-refractivity contribution in [2.75, 3.05) is 32.7 Å². The van der Waals surface area contributed by atoms with Crippen molar-refractivity contribution in [3.05, 3.63) is 108 Å². The fraction of sp³-hybridized carbons (Fsp3) is 0.222. The van der Waals surface area contributed by atoms with Gasteiger partial charge in [-0.2, -0.15) is 0 Å². The van der Waals surface area contributed by atoms with Gasteiger partial charge in [-0.05, 0) is 23.3 Å². The molecule has 4 rings (SSSR count). The van der Waals surface area contributed by atoms with Gasteiger partial charge in [0.25, 0.3) is 5.91 Å². The van der Waals surface area contributed by atoms with Crippen LogP contribution in [0.15, 0.2) is 91.0 Å². The van der Waals surface area contributed by atoms with E-state index in [2.05, 4.69) is 29.2 Å². The lowest BCUT2D eigenvalue weighted by atomic mass is 10.1. The summed E-state index contributed by atoms with van der Waals surface area (Å²) < 4.78 is 5.98. The molecule has 0 N–H and O–H groups in total. The van der Waals surface area contributed by atoms with Crippen molar-refractivity contribution in [3.8, 4) is 5.75 Å². The third-order valence-corrected chi connectivity index (χ3v) is 5.49. The SMILES string of the molecule is O=C(c1ccccc1OCc1ccccc1)N1CCN(C/C=C/c2ccccc2)CC1. The van der Waals surface area contributed by atoms with E-state index in [1.54, 1.807) is 0 Å². The molecule has 0 spiro atoms. The minimum absolute atomic E-state index is 0.0446. The maximum atomic E-state index is 13.2. The highest BCUT2D eigenvalue weighted by Gasteiger charge is 2.23. The Kier molecular flexibility index (Phi) is 7.14. The summed E-state index contributed by atoms with van der Waals surface area (Å²) in [5.41, 5.74) is 2.93. The number of nitrogens with zero attached hydrogens (tertiary/aromatic N) is 2. The Morgan fingerprint density at radius 1 is 0.806 bits per heavy atom. The Labute approximate surface area is 184 Å². The second-order valence-electron chi connectivity index (χ2n) is 7.68. The van der Waals surface area contributed by atoms with Crippen LogP contribution in [0.4, 0.5) is 0 Å². The number of ether oxygens (including phenoxy) is 1. The zero-order valence-electron chi connectivity index (χ0n) is 17.7. The molecule has 31 heavy (non-hydrogen) atoms. The van der Waals surface area contributed by atoms with Gasteiger partial charge in [-0.3, -0.25) is 9.69 Å². The number of para-hydroxylation sites is 1. The molecule has 0 unspecified atom stereocenters. The van der Waals surface area contributed by atoms with E-state index < -0.39 is 0 Å². The highest BCUT2D eigenvalue weighted by molar-refractivity contribution is 5.97. The summed E-state index contributed by atoms with van der Waals surface area (Å²) in [6.45, 7) is 4.55. The molecule has 0 aromatic heterocycles. The zero-order chi connectivity index (χ0) is 21.3. The highest BCUT2D eigenvalue weighted by Crippen LogP contribution is 2.22. The molecule has 1 saturated heterocycles. The van der Waals surface area contributed by atoms with Gasteiger partial charge < -0.3 is 9.64 Å². The molecule has 1 aliphatic heterocycles. The summed E-state index contributed by atoms with van der Waals surface area (Å²) in [7, 11) is 0. The molecule has 1 aliphatic rings. The van der Waals surface area contributed by atoms with Crippen LogP contribution in [0, 0.1) is 0 Å². The molecule has 4 nitrogen and oxygen atoms in total. The first-order chi connectivity index (χ1) is 15.3. The summed E-state index contributed by atoms with van der Waals surface area (Å²) in [6.07, 6.45) is 4.34. The van der Waals surface area contributed by atoms with Crippen LogP contribution in [0.3, 0.4) is 0 Å². The second-order valence-corrected chi connectivity index (χ2v) is 7.68. The van der Waals surface area contributed by atoms with E-state index in [0.717, 1.165) is 38.3 Å². The van der Waals surface area contributed by atoms with Gasteiger partial charge in [-0.1, -0.05) is 84.9 Å². The zero-order valence-corrected chi connectivity index (χ0v) is 17.7. The first-order valence-electron chi connectivity index (χ1n) is 10.8. The molecular weight excluding hydrogens is 384 g/mol. The van der Waals surface area contributed by atoms with E-state index >= 15 is 0 Å². The van der Waals surface area contributed by atoms with Crippen LogP contribution in [0.1, 0.15) is 21.5 Å².